The number of rotatable bonds is 7. The summed E-state index contributed by atoms with van der Waals surface area (Å²) in [6.45, 7) is 4.23. The molecule has 1 saturated heterocycles. The van der Waals surface area contributed by atoms with Crippen LogP contribution in [0.15, 0.2) is 72.8 Å². The number of carbonyl (C=O) groups is 3. The Labute approximate surface area is 202 Å². The van der Waals surface area contributed by atoms with E-state index in [1.165, 1.54) is 17.0 Å². The van der Waals surface area contributed by atoms with Gasteiger partial charge in [-0.2, -0.15) is 0 Å². The number of amides is 3. The first kappa shape index (κ1) is 23.9. The van der Waals surface area contributed by atoms with E-state index in [0.717, 1.165) is 5.56 Å². The molecule has 0 aromatic heterocycles. The molecule has 0 bridgehead atoms. The predicted octanol–water partition coefficient (Wildman–Crippen LogP) is 4.58. The average Bonchev–Trinajstić information content (AvgIpc) is 3.17. The number of benzene rings is 3. The molecule has 1 aliphatic heterocycles. The molecule has 180 valence electrons. The molecule has 1 fully saturated rings. The van der Waals surface area contributed by atoms with Crippen LogP contribution < -0.4 is 10.6 Å². The number of likely N-dealkylation sites (N-methyl/N-ethyl adjacent to an activating group) is 1. The number of cyclic esters (lactones) is 1. The molecule has 3 aromatic rings. The van der Waals surface area contributed by atoms with Crippen molar-refractivity contribution in [3.63, 3.8) is 0 Å². The van der Waals surface area contributed by atoms with Gasteiger partial charge in [0.1, 0.15) is 5.82 Å². The highest BCUT2D eigenvalue weighted by atomic mass is 19.1. The fourth-order valence-corrected chi connectivity index (χ4v) is 3.94. The minimum Gasteiger partial charge on any atom is -0.438 e. The Balaban J connectivity index is 1.53. The van der Waals surface area contributed by atoms with Crippen LogP contribution >= 0.6 is 0 Å². The Hall–Kier alpha value is -4.20. The van der Waals surface area contributed by atoms with Crippen LogP contribution in [0.4, 0.5) is 14.9 Å². The summed E-state index contributed by atoms with van der Waals surface area (Å²) >= 11 is 0. The second-order valence-corrected chi connectivity index (χ2v) is 8.34. The van der Waals surface area contributed by atoms with E-state index >= 15 is 0 Å². The molecule has 2 atom stereocenters. The van der Waals surface area contributed by atoms with E-state index in [9.17, 15) is 18.8 Å². The number of hydrogen-bond acceptors (Lipinski definition) is 4. The van der Waals surface area contributed by atoms with Crippen LogP contribution in [0.25, 0.3) is 0 Å². The van der Waals surface area contributed by atoms with Gasteiger partial charge in [-0.25, -0.2) is 9.18 Å². The van der Waals surface area contributed by atoms with E-state index in [-0.39, 0.29) is 24.2 Å². The van der Waals surface area contributed by atoms with E-state index in [4.69, 9.17) is 4.74 Å². The molecule has 4 rings (SSSR count). The summed E-state index contributed by atoms with van der Waals surface area (Å²) in [5.41, 5.74) is 3.46. The summed E-state index contributed by atoms with van der Waals surface area (Å²) in [5, 5.41) is 5.60. The smallest absolute Gasteiger partial charge is 0.411 e. The van der Waals surface area contributed by atoms with Crippen molar-refractivity contribution < 1.29 is 23.5 Å². The molecule has 35 heavy (non-hydrogen) atoms. The van der Waals surface area contributed by atoms with E-state index < -0.39 is 18.2 Å². The summed E-state index contributed by atoms with van der Waals surface area (Å²) in [6, 6.07) is 18.9. The lowest BCUT2D eigenvalue weighted by atomic mass is 10.00. The molecular weight excluding hydrogens is 449 g/mol. The van der Waals surface area contributed by atoms with Crippen molar-refractivity contribution >= 4 is 23.6 Å². The number of carbonyl (C=O) groups excluding carboxylic acids is 3. The lowest BCUT2D eigenvalue weighted by molar-refractivity contribution is -0.126. The molecular formula is C27H26FN3O4. The van der Waals surface area contributed by atoms with Gasteiger partial charge in [-0.05, 0) is 61.4 Å². The molecule has 0 aliphatic carbocycles. The van der Waals surface area contributed by atoms with Crippen molar-refractivity contribution in [1.82, 2.24) is 10.2 Å². The fourth-order valence-electron chi connectivity index (χ4n) is 3.94. The lowest BCUT2D eigenvalue weighted by Crippen LogP contribution is -2.46. The number of ether oxygens (including phenoxy) is 1. The zero-order valence-corrected chi connectivity index (χ0v) is 19.5. The molecule has 3 amide bonds. The number of aryl methyl sites for hydroxylation is 1. The highest BCUT2D eigenvalue weighted by molar-refractivity contribution is 6.04. The quantitative estimate of drug-likeness (QED) is 0.524. The van der Waals surface area contributed by atoms with Gasteiger partial charge in [-0.3, -0.25) is 14.5 Å². The molecule has 1 aliphatic rings. The Morgan fingerprint density at radius 1 is 0.971 bits per heavy atom. The number of halogens is 1. The lowest BCUT2D eigenvalue weighted by Gasteiger charge is -2.24. The zero-order valence-electron chi connectivity index (χ0n) is 19.5. The second kappa shape index (κ2) is 10.4. The summed E-state index contributed by atoms with van der Waals surface area (Å²) in [5.74, 6) is -0.969. The Kier molecular flexibility index (Phi) is 7.10. The molecule has 0 radical (unpaired) electrons. The van der Waals surface area contributed by atoms with Crippen LogP contribution in [-0.4, -0.2) is 35.4 Å². The summed E-state index contributed by atoms with van der Waals surface area (Å²) < 4.78 is 18.9. The van der Waals surface area contributed by atoms with Crippen molar-refractivity contribution in [3.05, 3.63) is 101 Å². The molecule has 2 N–H and O–H groups in total. The first-order valence-corrected chi connectivity index (χ1v) is 11.3. The van der Waals surface area contributed by atoms with Crippen LogP contribution in [0.2, 0.25) is 0 Å². The van der Waals surface area contributed by atoms with Crippen LogP contribution in [0.5, 0.6) is 0 Å². The van der Waals surface area contributed by atoms with Gasteiger partial charge in [0.15, 0.2) is 12.1 Å². The van der Waals surface area contributed by atoms with Gasteiger partial charge in [-0.1, -0.05) is 42.0 Å². The third-order valence-electron chi connectivity index (χ3n) is 5.78. The third kappa shape index (κ3) is 5.48. The van der Waals surface area contributed by atoms with E-state index in [2.05, 4.69) is 10.6 Å². The van der Waals surface area contributed by atoms with Crippen molar-refractivity contribution in [3.8, 4) is 0 Å². The molecule has 0 spiro atoms. The van der Waals surface area contributed by atoms with Crippen LogP contribution in [0.3, 0.4) is 0 Å². The van der Waals surface area contributed by atoms with Crippen LogP contribution in [-0.2, 0) is 16.1 Å². The van der Waals surface area contributed by atoms with Gasteiger partial charge >= 0.3 is 6.09 Å². The van der Waals surface area contributed by atoms with Gasteiger partial charge in [0.2, 0.25) is 5.91 Å². The number of nitrogens with zero attached hydrogens (tertiary/aromatic N) is 1. The molecule has 0 saturated carbocycles. The minimum atomic E-state index is -0.902. The zero-order chi connectivity index (χ0) is 24.9. The first-order valence-electron chi connectivity index (χ1n) is 11.3. The summed E-state index contributed by atoms with van der Waals surface area (Å²) in [6.07, 6.45) is -1.47. The maximum Gasteiger partial charge on any atom is 0.411 e. The topological polar surface area (TPSA) is 87.7 Å². The van der Waals surface area contributed by atoms with E-state index in [0.29, 0.717) is 28.9 Å². The van der Waals surface area contributed by atoms with Gasteiger partial charge in [0.05, 0.1) is 6.54 Å². The van der Waals surface area contributed by atoms with Crippen molar-refractivity contribution in [2.24, 2.45) is 0 Å². The molecule has 8 heteroatoms. The fraction of sp³-hybridized carbons (Fsp3) is 0.222. The summed E-state index contributed by atoms with van der Waals surface area (Å²) in [4.78, 5) is 39.5. The van der Waals surface area contributed by atoms with Gasteiger partial charge in [-0.15, -0.1) is 0 Å². The van der Waals surface area contributed by atoms with Crippen molar-refractivity contribution in [2.45, 2.75) is 32.5 Å². The highest BCUT2D eigenvalue weighted by Crippen LogP contribution is 2.34. The van der Waals surface area contributed by atoms with E-state index in [1.807, 2.05) is 19.1 Å². The average molecular weight is 476 g/mol. The molecule has 7 nitrogen and oxygen atoms in total. The standard InChI is InChI=1S/C27H26FN3O4/c1-3-29-26(33)23-24(35-27(34)31(23)16-18-6-12-21(28)13-7-18)19-10-14-22(15-11-19)30-25(32)20-8-4-17(2)5-9-20/h4-15,23-24H,3,16H2,1-2H3,(H,29,33)(H,30,32)/t23-,24+/m1/s1. The number of hydrogen-bond donors (Lipinski definition) is 2. The Morgan fingerprint density at radius 2 is 1.63 bits per heavy atom. The first-order chi connectivity index (χ1) is 16.9. The predicted molar refractivity (Wildman–Crippen MR) is 129 cm³/mol. The molecule has 1 heterocycles. The largest absolute Gasteiger partial charge is 0.438 e. The molecule has 0 unspecified atom stereocenters. The SMILES string of the molecule is CCNC(=O)[C@H]1[C@H](c2ccc(NC(=O)c3ccc(C)cc3)cc2)OC(=O)N1Cc1ccc(F)cc1. The summed E-state index contributed by atoms with van der Waals surface area (Å²) in [7, 11) is 0. The maximum atomic E-state index is 13.3. The third-order valence-corrected chi connectivity index (χ3v) is 5.78. The van der Waals surface area contributed by atoms with Crippen molar-refractivity contribution in [1.29, 1.82) is 0 Å². The highest BCUT2D eigenvalue weighted by Gasteiger charge is 2.46. The van der Waals surface area contributed by atoms with Crippen LogP contribution in [0, 0.1) is 12.7 Å². The maximum absolute atomic E-state index is 13.3. The second-order valence-electron chi connectivity index (χ2n) is 8.34. The number of nitrogens with one attached hydrogen (secondary N) is 2. The van der Waals surface area contributed by atoms with Gasteiger partial charge in [0, 0.05) is 17.8 Å². The van der Waals surface area contributed by atoms with Gasteiger partial charge < -0.3 is 15.4 Å². The molecule has 3 aromatic carbocycles. The monoisotopic (exact) mass is 475 g/mol. The Morgan fingerprint density at radius 3 is 2.26 bits per heavy atom. The van der Waals surface area contributed by atoms with Gasteiger partial charge in [0.25, 0.3) is 5.91 Å². The minimum absolute atomic E-state index is 0.0993. The Bertz CT molecular complexity index is 1210. The normalized spacial score (nSPS) is 17.1. The van der Waals surface area contributed by atoms with Crippen molar-refractivity contribution in [2.75, 3.05) is 11.9 Å². The van der Waals surface area contributed by atoms with Crippen LogP contribution in [0.1, 0.15) is 40.1 Å². The van der Waals surface area contributed by atoms with E-state index in [1.54, 1.807) is 55.5 Å². The number of anilines is 1.